The molecule has 4 rings (SSSR count). The molecule has 0 N–H and O–H groups in total. The number of rotatable bonds is 4. The van der Waals surface area contributed by atoms with E-state index in [1.54, 1.807) is 29.2 Å². The zero-order chi connectivity index (χ0) is 18.8. The number of carbonyl (C=O) groups is 2. The summed E-state index contributed by atoms with van der Waals surface area (Å²) in [5, 5.41) is 0. The zero-order valence-corrected chi connectivity index (χ0v) is 15.1. The Hall–Kier alpha value is -2.73. The van der Waals surface area contributed by atoms with Gasteiger partial charge in [0.1, 0.15) is 12.4 Å². The first-order valence-corrected chi connectivity index (χ1v) is 9.27. The van der Waals surface area contributed by atoms with Crippen LogP contribution in [0.1, 0.15) is 18.4 Å². The van der Waals surface area contributed by atoms with Crippen molar-refractivity contribution in [3.8, 4) is 0 Å². The molecule has 0 spiro atoms. The second-order valence-electron chi connectivity index (χ2n) is 7.11. The Morgan fingerprint density at radius 2 is 1.70 bits per heavy atom. The van der Waals surface area contributed by atoms with Gasteiger partial charge in [0.05, 0.1) is 5.69 Å². The topological polar surface area (TPSA) is 43.9 Å². The third-order valence-corrected chi connectivity index (χ3v) is 5.30. The number of amides is 3. The Kier molecular flexibility index (Phi) is 4.90. The molecule has 3 amide bonds. The molecule has 0 unspecified atom stereocenters. The fraction of sp³-hybridized carbons (Fsp3) is 0.333. The van der Waals surface area contributed by atoms with Gasteiger partial charge in [0.25, 0.3) is 5.91 Å². The summed E-state index contributed by atoms with van der Waals surface area (Å²) >= 11 is 0. The van der Waals surface area contributed by atoms with E-state index < -0.39 is 0 Å². The van der Waals surface area contributed by atoms with Gasteiger partial charge in [0.2, 0.25) is 0 Å². The fourth-order valence-corrected chi connectivity index (χ4v) is 3.92. The summed E-state index contributed by atoms with van der Waals surface area (Å²) in [6.07, 6.45) is 1.63. The predicted molar refractivity (Wildman–Crippen MR) is 101 cm³/mol. The summed E-state index contributed by atoms with van der Waals surface area (Å²) in [6, 6.07) is 15.6. The molecule has 0 bridgehead atoms. The monoisotopic (exact) mass is 367 g/mol. The first kappa shape index (κ1) is 17.7. The Bertz CT molecular complexity index is 834. The third kappa shape index (κ3) is 3.71. The molecule has 0 atom stereocenters. The Balaban J connectivity index is 1.37. The van der Waals surface area contributed by atoms with E-state index >= 15 is 0 Å². The molecular weight excluding hydrogens is 345 g/mol. The van der Waals surface area contributed by atoms with Crippen molar-refractivity contribution in [3.05, 3.63) is 66.0 Å². The number of hydrogen-bond donors (Lipinski definition) is 0. The average molecular weight is 367 g/mol. The van der Waals surface area contributed by atoms with Gasteiger partial charge >= 0.3 is 6.03 Å². The highest BCUT2D eigenvalue weighted by Gasteiger charge is 2.41. The van der Waals surface area contributed by atoms with E-state index in [1.807, 2.05) is 24.3 Å². The smallest absolute Gasteiger partial charge is 0.312 e. The molecule has 6 heteroatoms. The summed E-state index contributed by atoms with van der Waals surface area (Å²) in [6.45, 7) is 2.49. The van der Waals surface area contributed by atoms with Gasteiger partial charge < -0.3 is 4.90 Å². The van der Waals surface area contributed by atoms with Crippen molar-refractivity contribution in [2.45, 2.75) is 25.4 Å². The van der Waals surface area contributed by atoms with Crippen molar-refractivity contribution in [2.75, 3.05) is 24.5 Å². The maximum absolute atomic E-state index is 13.3. The van der Waals surface area contributed by atoms with E-state index in [2.05, 4.69) is 4.90 Å². The Morgan fingerprint density at radius 3 is 2.41 bits per heavy atom. The summed E-state index contributed by atoms with van der Waals surface area (Å²) in [5.74, 6) is -0.391. The minimum atomic E-state index is -0.227. The van der Waals surface area contributed by atoms with Crippen LogP contribution in [0.3, 0.4) is 0 Å². The van der Waals surface area contributed by atoms with E-state index in [4.69, 9.17) is 0 Å². The van der Waals surface area contributed by atoms with Crippen molar-refractivity contribution in [3.63, 3.8) is 0 Å². The number of halogens is 1. The van der Waals surface area contributed by atoms with Crippen LogP contribution in [0.2, 0.25) is 0 Å². The van der Waals surface area contributed by atoms with Gasteiger partial charge in [-0.05, 0) is 42.7 Å². The molecule has 0 saturated carbocycles. The van der Waals surface area contributed by atoms with Crippen LogP contribution in [0.4, 0.5) is 14.9 Å². The Labute approximate surface area is 158 Å². The lowest BCUT2D eigenvalue weighted by atomic mass is 10.0. The summed E-state index contributed by atoms with van der Waals surface area (Å²) in [5.41, 5.74) is 1.58. The van der Waals surface area contributed by atoms with Crippen LogP contribution in [-0.2, 0) is 11.3 Å². The highest BCUT2D eigenvalue weighted by Crippen LogP contribution is 2.26. The van der Waals surface area contributed by atoms with Crippen molar-refractivity contribution >= 4 is 17.6 Å². The summed E-state index contributed by atoms with van der Waals surface area (Å²) in [4.78, 5) is 30.4. The molecule has 140 valence electrons. The van der Waals surface area contributed by atoms with Crippen LogP contribution >= 0.6 is 0 Å². The van der Waals surface area contributed by atoms with Gasteiger partial charge in [-0.15, -0.1) is 0 Å². The van der Waals surface area contributed by atoms with Crippen molar-refractivity contribution in [1.82, 2.24) is 9.80 Å². The van der Waals surface area contributed by atoms with E-state index in [9.17, 15) is 14.0 Å². The zero-order valence-electron chi connectivity index (χ0n) is 15.1. The van der Waals surface area contributed by atoms with Crippen LogP contribution in [0.15, 0.2) is 54.6 Å². The van der Waals surface area contributed by atoms with E-state index in [1.165, 1.54) is 11.0 Å². The molecule has 2 heterocycles. The number of likely N-dealkylation sites (tertiary alicyclic amines) is 1. The second-order valence-corrected chi connectivity index (χ2v) is 7.11. The summed E-state index contributed by atoms with van der Waals surface area (Å²) in [7, 11) is 0. The molecule has 0 aromatic heterocycles. The third-order valence-electron chi connectivity index (χ3n) is 5.30. The maximum Gasteiger partial charge on any atom is 0.332 e. The van der Waals surface area contributed by atoms with Crippen LogP contribution in [-0.4, -0.2) is 47.4 Å². The molecule has 2 fully saturated rings. The second kappa shape index (κ2) is 7.48. The quantitative estimate of drug-likeness (QED) is 0.779. The molecule has 2 aliphatic heterocycles. The molecule has 2 saturated heterocycles. The molecule has 0 radical (unpaired) electrons. The van der Waals surface area contributed by atoms with Gasteiger partial charge in [0.15, 0.2) is 0 Å². The van der Waals surface area contributed by atoms with Gasteiger partial charge in [-0.25, -0.2) is 14.1 Å². The average Bonchev–Trinajstić information content (AvgIpc) is 2.97. The predicted octanol–water partition coefficient (Wildman–Crippen LogP) is 3.26. The minimum Gasteiger partial charge on any atom is -0.312 e. The molecule has 27 heavy (non-hydrogen) atoms. The maximum atomic E-state index is 13.3. The lowest BCUT2D eigenvalue weighted by Crippen LogP contribution is -2.46. The minimum absolute atomic E-state index is 0.0684. The largest absolute Gasteiger partial charge is 0.332 e. The number of hydrogen-bond acceptors (Lipinski definition) is 3. The number of benzene rings is 2. The first-order valence-electron chi connectivity index (χ1n) is 9.27. The van der Waals surface area contributed by atoms with Gasteiger partial charge in [-0.1, -0.05) is 30.3 Å². The SMILES string of the molecule is O=C1CN(C2CCN(Cc3cccc(F)c3)CC2)C(=O)N1c1ccccc1. The van der Waals surface area contributed by atoms with Crippen LogP contribution in [0.25, 0.3) is 0 Å². The van der Waals surface area contributed by atoms with Crippen molar-refractivity contribution in [1.29, 1.82) is 0 Å². The van der Waals surface area contributed by atoms with Gasteiger partial charge in [0, 0.05) is 25.7 Å². The number of para-hydroxylation sites is 1. The molecule has 2 aromatic rings. The highest BCUT2D eigenvalue weighted by molar-refractivity contribution is 6.19. The fourth-order valence-electron chi connectivity index (χ4n) is 3.92. The lowest BCUT2D eigenvalue weighted by Gasteiger charge is -2.36. The van der Waals surface area contributed by atoms with Crippen molar-refractivity contribution in [2.24, 2.45) is 0 Å². The molecule has 5 nitrogen and oxygen atoms in total. The number of imide groups is 1. The first-order chi connectivity index (χ1) is 13.1. The highest BCUT2D eigenvalue weighted by atomic mass is 19.1. The molecular formula is C21H22FN3O2. The van der Waals surface area contributed by atoms with Crippen molar-refractivity contribution < 1.29 is 14.0 Å². The lowest BCUT2D eigenvalue weighted by molar-refractivity contribution is -0.116. The molecule has 2 aromatic carbocycles. The van der Waals surface area contributed by atoms with E-state index in [0.717, 1.165) is 31.5 Å². The van der Waals surface area contributed by atoms with Gasteiger partial charge in [-0.3, -0.25) is 9.69 Å². The number of anilines is 1. The number of piperidine rings is 1. The standard InChI is InChI=1S/C21H22FN3O2/c22-17-6-4-5-16(13-17)14-23-11-9-18(10-12-23)24-15-20(26)25(21(24)27)19-7-2-1-3-8-19/h1-8,13,18H,9-12,14-15H2. The van der Waals surface area contributed by atoms with Crippen LogP contribution in [0.5, 0.6) is 0 Å². The van der Waals surface area contributed by atoms with E-state index in [0.29, 0.717) is 12.2 Å². The van der Waals surface area contributed by atoms with Crippen LogP contribution < -0.4 is 4.90 Å². The number of nitrogens with zero attached hydrogens (tertiary/aromatic N) is 3. The number of urea groups is 1. The normalized spacial score (nSPS) is 19.1. The Morgan fingerprint density at radius 1 is 0.963 bits per heavy atom. The molecule has 0 aliphatic carbocycles. The van der Waals surface area contributed by atoms with Crippen LogP contribution in [0, 0.1) is 5.82 Å². The number of carbonyl (C=O) groups excluding carboxylic acids is 2. The van der Waals surface area contributed by atoms with Gasteiger partial charge in [-0.2, -0.15) is 0 Å². The summed E-state index contributed by atoms with van der Waals surface area (Å²) < 4.78 is 13.3. The van der Waals surface area contributed by atoms with E-state index in [-0.39, 0.29) is 30.3 Å². The molecule has 2 aliphatic rings.